The Labute approximate surface area is 128 Å². The molecule has 0 aromatic heterocycles. The standard InChI is InChI=1S/C13H15BrF3N3O/c14-10-5-9(6-11(18)7-10)12(21)20-3-1-19(2-4-20)8-13(15,16)17/h5-7H,1-4,8,18H2. The van der Waals surface area contributed by atoms with Crippen molar-refractivity contribution in [3.63, 3.8) is 0 Å². The number of nitrogen functional groups attached to an aromatic ring is 1. The molecule has 1 aromatic carbocycles. The van der Waals surface area contributed by atoms with Gasteiger partial charge >= 0.3 is 6.18 Å². The van der Waals surface area contributed by atoms with Crippen molar-refractivity contribution < 1.29 is 18.0 Å². The molecule has 2 N–H and O–H groups in total. The van der Waals surface area contributed by atoms with Crippen LogP contribution in [0.5, 0.6) is 0 Å². The van der Waals surface area contributed by atoms with Crippen LogP contribution in [0.1, 0.15) is 10.4 Å². The lowest BCUT2D eigenvalue weighted by Gasteiger charge is -2.35. The minimum atomic E-state index is -4.20. The Morgan fingerprint density at radius 3 is 2.33 bits per heavy atom. The molecule has 1 saturated heterocycles. The van der Waals surface area contributed by atoms with Gasteiger partial charge in [-0.25, -0.2) is 0 Å². The minimum Gasteiger partial charge on any atom is -0.399 e. The summed E-state index contributed by atoms with van der Waals surface area (Å²) in [4.78, 5) is 15.2. The van der Waals surface area contributed by atoms with E-state index in [2.05, 4.69) is 15.9 Å². The molecule has 1 aromatic rings. The highest BCUT2D eigenvalue weighted by Gasteiger charge is 2.33. The van der Waals surface area contributed by atoms with Crippen LogP contribution in [-0.4, -0.2) is 54.6 Å². The maximum Gasteiger partial charge on any atom is 0.401 e. The van der Waals surface area contributed by atoms with E-state index >= 15 is 0 Å². The molecule has 0 saturated carbocycles. The summed E-state index contributed by atoms with van der Waals surface area (Å²) in [5, 5.41) is 0. The van der Waals surface area contributed by atoms with E-state index in [0.717, 1.165) is 0 Å². The molecule has 0 radical (unpaired) electrons. The molecule has 0 aliphatic carbocycles. The van der Waals surface area contributed by atoms with Crippen LogP contribution in [0.25, 0.3) is 0 Å². The fourth-order valence-corrected chi connectivity index (χ4v) is 2.79. The number of anilines is 1. The van der Waals surface area contributed by atoms with Gasteiger partial charge in [-0.05, 0) is 18.2 Å². The molecule has 1 amide bonds. The molecule has 116 valence electrons. The second-order valence-electron chi connectivity index (χ2n) is 4.96. The summed E-state index contributed by atoms with van der Waals surface area (Å²) >= 11 is 3.26. The molecule has 0 spiro atoms. The predicted octanol–water partition coefficient (Wildman–Crippen LogP) is 2.35. The molecule has 8 heteroatoms. The van der Waals surface area contributed by atoms with E-state index < -0.39 is 12.7 Å². The Morgan fingerprint density at radius 2 is 1.81 bits per heavy atom. The molecular formula is C13H15BrF3N3O. The normalized spacial score (nSPS) is 17.0. The Bertz CT molecular complexity index is 508. The first kappa shape index (κ1) is 16.1. The smallest absolute Gasteiger partial charge is 0.399 e. The second-order valence-corrected chi connectivity index (χ2v) is 5.87. The zero-order valence-electron chi connectivity index (χ0n) is 11.2. The first-order chi connectivity index (χ1) is 9.74. The lowest BCUT2D eigenvalue weighted by molar-refractivity contribution is -0.148. The number of alkyl halides is 3. The molecule has 1 aliphatic heterocycles. The van der Waals surface area contributed by atoms with Crippen LogP contribution < -0.4 is 5.73 Å². The van der Waals surface area contributed by atoms with E-state index in [0.29, 0.717) is 15.7 Å². The maximum atomic E-state index is 12.3. The van der Waals surface area contributed by atoms with Gasteiger partial charge in [0.25, 0.3) is 5.91 Å². The number of hydrogen-bond donors (Lipinski definition) is 1. The predicted molar refractivity (Wildman–Crippen MR) is 77.0 cm³/mol. The quantitative estimate of drug-likeness (QED) is 0.818. The van der Waals surface area contributed by atoms with Crippen molar-refractivity contribution in [3.05, 3.63) is 28.2 Å². The largest absolute Gasteiger partial charge is 0.401 e. The lowest BCUT2D eigenvalue weighted by atomic mass is 10.1. The van der Waals surface area contributed by atoms with Crippen LogP contribution in [0.15, 0.2) is 22.7 Å². The van der Waals surface area contributed by atoms with Crippen molar-refractivity contribution in [1.29, 1.82) is 0 Å². The summed E-state index contributed by atoms with van der Waals surface area (Å²) < 4.78 is 37.6. The first-order valence-electron chi connectivity index (χ1n) is 6.39. The first-order valence-corrected chi connectivity index (χ1v) is 7.18. The van der Waals surface area contributed by atoms with E-state index in [4.69, 9.17) is 5.73 Å². The molecular weight excluding hydrogens is 351 g/mol. The summed E-state index contributed by atoms with van der Waals surface area (Å²) in [6.07, 6.45) is -4.20. The molecule has 1 fully saturated rings. The number of amides is 1. The number of nitrogens with two attached hydrogens (primary N) is 1. The molecule has 0 unspecified atom stereocenters. The van der Waals surface area contributed by atoms with Crippen molar-refractivity contribution >= 4 is 27.5 Å². The van der Waals surface area contributed by atoms with Crippen LogP contribution in [-0.2, 0) is 0 Å². The van der Waals surface area contributed by atoms with Gasteiger partial charge in [0.05, 0.1) is 6.54 Å². The Balaban J connectivity index is 1.97. The number of benzene rings is 1. The monoisotopic (exact) mass is 365 g/mol. The second kappa shape index (κ2) is 6.23. The Kier molecular flexibility index (Phi) is 4.77. The van der Waals surface area contributed by atoms with Gasteiger partial charge in [-0.3, -0.25) is 9.69 Å². The Morgan fingerprint density at radius 1 is 1.19 bits per heavy atom. The van der Waals surface area contributed by atoms with Crippen LogP contribution in [0.2, 0.25) is 0 Å². The van der Waals surface area contributed by atoms with E-state index in [-0.39, 0.29) is 32.1 Å². The van der Waals surface area contributed by atoms with Crippen LogP contribution >= 0.6 is 15.9 Å². The molecule has 1 heterocycles. The highest BCUT2D eigenvalue weighted by molar-refractivity contribution is 9.10. The molecule has 0 bridgehead atoms. The average molecular weight is 366 g/mol. The number of rotatable bonds is 2. The van der Waals surface area contributed by atoms with Crippen molar-refractivity contribution in [2.45, 2.75) is 6.18 Å². The van der Waals surface area contributed by atoms with Crippen molar-refractivity contribution in [1.82, 2.24) is 9.80 Å². The molecule has 0 atom stereocenters. The number of carbonyl (C=O) groups is 1. The summed E-state index contributed by atoms with van der Waals surface area (Å²) in [6, 6.07) is 4.90. The number of nitrogens with zero attached hydrogens (tertiary/aromatic N) is 2. The molecule has 2 rings (SSSR count). The van der Waals surface area contributed by atoms with Crippen molar-refractivity contribution in [2.24, 2.45) is 0 Å². The van der Waals surface area contributed by atoms with Gasteiger partial charge in [-0.2, -0.15) is 13.2 Å². The zero-order chi connectivity index (χ0) is 15.6. The lowest BCUT2D eigenvalue weighted by Crippen LogP contribution is -2.50. The number of carbonyl (C=O) groups excluding carboxylic acids is 1. The van der Waals surface area contributed by atoms with Gasteiger partial charge < -0.3 is 10.6 Å². The third kappa shape index (κ3) is 4.60. The average Bonchev–Trinajstić information content (AvgIpc) is 2.35. The van der Waals surface area contributed by atoms with Gasteiger partial charge in [0.1, 0.15) is 0 Å². The maximum absolute atomic E-state index is 12.3. The fraction of sp³-hybridized carbons (Fsp3) is 0.462. The van der Waals surface area contributed by atoms with E-state index in [1.54, 1.807) is 23.1 Å². The van der Waals surface area contributed by atoms with Gasteiger partial charge in [0.2, 0.25) is 0 Å². The van der Waals surface area contributed by atoms with E-state index in [9.17, 15) is 18.0 Å². The summed E-state index contributed by atoms with van der Waals surface area (Å²) in [6.45, 7) is 0.0605. The highest BCUT2D eigenvalue weighted by atomic mass is 79.9. The molecule has 21 heavy (non-hydrogen) atoms. The van der Waals surface area contributed by atoms with Gasteiger partial charge in [0.15, 0.2) is 0 Å². The molecule has 4 nitrogen and oxygen atoms in total. The minimum absolute atomic E-state index is 0.213. The SMILES string of the molecule is Nc1cc(Br)cc(C(=O)N2CCN(CC(F)(F)F)CC2)c1. The van der Waals surface area contributed by atoms with Gasteiger partial charge in [-0.15, -0.1) is 0 Å². The summed E-state index contributed by atoms with van der Waals surface area (Å²) in [5.74, 6) is -0.213. The van der Waals surface area contributed by atoms with Crippen molar-refractivity contribution in [2.75, 3.05) is 38.5 Å². The van der Waals surface area contributed by atoms with Crippen LogP contribution in [0, 0.1) is 0 Å². The number of piperazine rings is 1. The van der Waals surface area contributed by atoms with Crippen molar-refractivity contribution in [3.8, 4) is 0 Å². The fourth-order valence-electron chi connectivity index (χ4n) is 2.28. The third-order valence-electron chi connectivity index (χ3n) is 3.23. The van der Waals surface area contributed by atoms with Crippen LogP contribution in [0.4, 0.5) is 18.9 Å². The topological polar surface area (TPSA) is 49.6 Å². The van der Waals surface area contributed by atoms with Gasteiger partial charge in [-0.1, -0.05) is 15.9 Å². The summed E-state index contributed by atoms with van der Waals surface area (Å²) in [5.41, 5.74) is 6.58. The number of hydrogen-bond acceptors (Lipinski definition) is 3. The number of halogens is 4. The zero-order valence-corrected chi connectivity index (χ0v) is 12.7. The molecule has 1 aliphatic rings. The summed E-state index contributed by atoms with van der Waals surface area (Å²) in [7, 11) is 0. The highest BCUT2D eigenvalue weighted by Crippen LogP contribution is 2.20. The van der Waals surface area contributed by atoms with Gasteiger partial charge in [0, 0.05) is 41.9 Å². The third-order valence-corrected chi connectivity index (χ3v) is 3.69. The van der Waals surface area contributed by atoms with Crippen LogP contribution in [0.3, 0.4) is 0 Å². The Hall–Kier alpha value is -1.28. The van der Waals surface area contributed by atoms with E-state index in [1.807, 2.05) is 0 Å². The van der Waals surface area contributed by atoms with E-state index in [1.165, 1.54) is 4.90 Å².